The predicted molar refractivity (Wildman–Crippen MR) is 98.0 cm³/mol. The van der Waals surface area contributed by atoms with Gasteiger partial charge in [0.25, 0.3) is 0 Å². The molecule has 23 heavy (non-hydrogen) atoms. The summed E-state index contributed by atoms with van der Waals surface area (Å²) in [5.41, 5.74) is 3.03. The van der Waals surface area contributed by atoms with Crippen molar-refractivity contribution in [3.8, 4) is 17.1 Å². The van der Waals surface area contributed by atoms with Gasteiger partial charge in [-0.25, -0.2) is 0 Å². The maximum Gasteiger partial charge on any atom is 0.146 e. The SMILES string of the molecule is COc1cc(-c2ccc[nH]2)[nH]c1C=NCC1CCCCCC1.Cl. The second-order valence-electron chi connectivity index (χ2n) is 6.10. The van der Waals surface area contributed by atoms with Crippen molar-refractivity contribution >= 4 is 18.6 Å². The molecule has 1 aliphatic rings. The minimum atomic E-state index is 0. The van der Waals surface area contributed by atoms with Crippen LogP contribution < -0.4 is 4.74 Å². The highest BCUT2D eigenvalue weighted by Gasteiger charge is 2.12. The number of hydrogen-bond acceptors (Lipinski definition) is 2. The van der Waals surface area contributed by atoms with Crippen LogP contribution in [0.3, 0.4) is 0 Å². The van der Waals surface area contributed by atoms with Gasteiger partial charge in [0.1, 0.15) is 5.75 Å². The lowest BCUT2D eigenvalue weighted by Gasteiger charge is -2.09. The van der Waals surface area contributed by atoms with Gasteiger partial charge in [0.15, 0.2) is 0 Å². The first-order chi connectivity index (χ1) is 10.9. The number of H-pyrrole nitrogens is 2. The Morgan fingerprint density at radius 2 is 2.00 bits per heavy atom. The summed E-state index contributed by atoms with van der Waals surface area (Å²) < 4.78 is 5.45. The maximum atomic E-state index is 5.45. The van der Waals surface area contributed by atoms with Crippen LogP contribution in [0.2, 0.25) is 0 Å². The Bertz CT molecular complexity index is 596. The van der Waals surface area contributed by atoms with E-state index < -0.39 is 0 Å². The second-order valence-corrected chi connectivity index (χ2v) is 6.10. The smallest absolute Gasteiger partial charge is 0.146 e. The molecule has 2 aromatic rings. The monoisotopic (exact) mass is 335 g/mol. The summed E-state index contributed by atoms with van der Waals surface area (Å²) in [6.45, 7) is 0.931. The van der Waals surface area contributed by atoms with E-state index in [1.54, 1.807) is 7.11 Å². The second kappa shape index (κ2) is 8.82. The topological polar surface area (TPSA) is 53.2 Å². The molecule has 4 nitrogen and oxygen atoms in total. The molecular formula is C18H26ClN3O. The van der Waals surface area contributed by atoms with Gasteiger partial charge in [-0.05, 0) is 30.9 Å². The number of methoxy groups -OCH3 is 1. The van der Waals surface area contributed by atoms with Crippen LogP contribution in [0.4, 0.5) is 0 Å². The Morgan fingerprint density at radius 1 is 1.22 bits per heavy atom. The molecule has 1 fully saturated rings. The zero-order valence-corrected chi connectivity index (χ0v) is 14.5. The number of rotatable bonds is 5. The van der Waals surface area contributed by atoms with Gasteiger partial charge in [-0.15, -0.1) is 12.4 Å². The minimum Gasteiger partial charge on any atom is -0.494 e. The highest BCUT2D eigenvalue weighted by molar-refractivity contribution is 5.85. The number of nitrogens with zero attached hydrogens (tertiary/aromatic N) is 1. The molecule has 0 spiro atoms. The molecular weight excluding hydrogens is 310 g/mol. The van der Waals surface area contributed by atoms with E-state index in [0.29, 0.717) is 0 Å². The molecule has 2 N–H and O–H groups in total. The van der Waals surface area contributed by atoms with Gasteiger partial charge in [0, 0.05) is 25.0 Å². The molecule has 126 valence electrons. The number of hydrogen-bond donors (Lipinski definition) is 2. The molecule has 1 aliphatic carbocycles. The fourth-order valence-corrected chi connectivity index (χ4v) is 3.20. The lowest BCUT2D eigenvalue weighted by Crippen LogP contribution is -2.03. The molecule has 0 unspecified atom stereocenters. The van der Waals surface area contributed by atoms with Crippen molar-refractivity contribution in [2.24, 2.45) is 10.9 Å². The number of halogens is 1. The van der Waals surface area contributed by atoms with Crippen molar-refractivity contribution in [3.05, 3.63) is 30.1 Å². The quantitative estimate of drug-likeness (QED) is 0.596. The summed E-state index contributed by atoms with van der Waals surface area (Å²) in [6, 6.07) is 6.04. The predicted octanol–water partition coefficient (Wildman–Crippen LogP) is 4.83. The molecule has 0 atom stereocenters. The van der Waals surface area contributed by atoms with Gasteiger partial charge in [0.05, 0.1) is 24.2 Å². The fourth-order valence-electron chi connectivity index (χ4n) is 3.20. The van der Waals surface area contributed by atoms with Gasteiger partial charge in [-0.2, -0.15) is 0 Å². The van der Waals surface area contributed by atoms with Gasteiger partial charge in [0.2, 0.25) is 0 Å². The molecule has 2 heterocycles. The zero-order valence-electron chi connectivity index (χ0n) is 13.7. The van der Waals surface area contributed by atoms with E-state index >= 15 is 0 Å². The molecule has 0 radical (unpaired) electrons. The van der Waals surface area contributed by atoms with Gasteiger partial charge in [-0.3, -0.25) is 4.99 Å². The summed E-state index contributed by atoms with van der Waals surface area (Å²) in [6.07, 6.45) is 12.0. The first kappa shape index (κ1) is 17.7. The Balaban J connectivity index is 0.00000192. The van der Waals surface area contributed by atoms with E-state index in [1.165, 1.54) is 38.5 Å². The van der Waals surface area contributed by atoms with E-state index in [-0.39, 0.29) is 12.4 Å². The molecule has 3 rings (SSSR count). The molecule has 2 aromatic heterocycles. The first-order valence-electron chi connectivity index (χ1n) is 8.27. The van der Waals surface area contributed by atoms with Crippen LogP contribution in [0, 0.1) is 5.92 Å². The molecule has 0 aliphatic heterocycles. The lowest BCUT2D eigenvalue weighted by atomic mass is 10.0. The van der Waals surface area contributed by atoms with E-state index in [9.17, 15) is 0 Å². The molecule has 5 heteroatoms. The average molecular weight is 336 g/mol. The Labute approximate surface area is 144 Å². The summed E-state index contributed by atoms with van der Waals surface area (Å²) in [4.78, 5) is 11.2. The number of ether oxygens (including phenoxy) is 1. The van der Waals surface area contributed by atoms with Crippen LogP contribution in [0.25, 0.3) is 11.4 Å². The summed E-state index contributed by atoms with van der Waals surface area (Å²) in [5.74, 6) is 1.59. The Hall–Kier alpha value is -1.68. The van der Waals surface area contributed by atoms with Gasteiger partial charge < -0.3 is 14.7 Å². The number of aromatic amines is 2. The van der Waals surface area contributed by atoms with E-state index in [2.05, 4.69) is 15.0 Å². The van der Waals surface area contributed by atoms with Crippen LogP contribution in [0.1, 0.15) is 44.2 Å². The highest BCUT2D eigenvalue weighted by atomic mass is 35.5. The zero-order chi connectivity index (χ0) is 15.2. The minimum absolute atomic E-state index is 0. The van der Waals surface area contributed by atoms with Crippen LogP contribution in [0.5, 0.6) is 5.75 Å². The van der Waals surface area contributed by atoms with Crippen molar-refractivity contribution in [3.63, 3.8) is 0 Å². The Kier molecular flexibility index (Phi) is 6.78. The fraction of sp³-hybridized carbons (Fsp3) is 0.500. The third kappa shape index (κ3) is 4.64. The average Bonchev–Trinajstić information content (AvgIpc) is 3.12. The normalized spacial score (nSPS) is 16.2. The molecule has 0 saturated heterocycles. The number of nitrogens with one attached hydrogen (secondary N) is 2. The van der Waals surface area contributed by atoms with E-state index in [4.69, 9.17) is 4.74 Å². The van der Waals surface area contributed by atoms with Crippen molar-refractivity contribution in [1.29, 1.82) is 0 Å². The highest BCUT2D eigenvalue weighted by Crippen LogP contribution is 2.26. The van der Waals surface area contributed by atoms with E-state index in [1.807, 2.05) is 30.6 Å². The molecule has 1 saturated carbocycles. The van der Waals surface area contributed by atoms with Crippen molar-refractivity contribution in [2.45, 2.75) is 38.5 Å². The standard InChI is InChI=1S/C18H25N3O.ClH/c1-22-18-11-16(15-9-6-10-20-15)21-17(18)13-19-12-14-7-4-2-3-5-8-14;/h6,9-11,13-14,20-21H,2-5,7-8,12H2,1H3;1H. The third-order valence-corrected chi connectivity index (χ3v) is 4.48. The summed E-state index contributed by atoms with van der Waals surface area (Å²) in [7, 11) is 1.70. The first-order valence-corrected chi connectivity index (χ1v) is 8.27. The largest absolute Gasteiger partial charge is 0.494 e. The van der Waals surface area contributed by atoms with Crippen LogP contribution in [0.15, 0.2) is 29.4 Å². The van der Waals surface area contributed by atoms with Crippen LogP contribution in [-0.2, 0) is 0 Å². The van der Waals surface area contributed by atoms with Gasteiger partial charge >= 0.3 is 0 Å². The number of aromatic nitrogens is 2. The maximum absolute atomic E-state index is 5.45. The van der Waals surface area contributed by atoms with Crippen molar-refractivity contribution in [1.82, 2.24) is 9.97 Å². The van der Waals surface area contributed by atoms with E-state index in [0.717, 1.165) is 35.3 Å². The van der Waals surface area contributed by atoms with Crippen LogP contribution in [-0.4, -0.2) is 29.8 Å². The lowest BCUT2D eigenvalue weighted by molar-refractivity contribution is 0.414. The third-order valence-electron chi connectivity index (χ3n) is 4.48. The Morgan fingerprint density at radius 3 is 2.65 bits per heavy atom. The van der Waals surface area contributed by atoms with Crippen molar-refractivity contribution in [2.75, 3.05) is 13.7 Å². The summed E-state index contributed by atoms with van der Waals surface area (Å²) >= 11 is 0. The molecule has 0 bridgehead atoms. The summed E-state index contributed by atoms with van der Waals surface area (Å²) in [5, 5.41) is 0. The molecule has 0 aromatic carbocycles. The molecule has 0 amide bonds. The van der Waals surface area contributed by atoms with Crippen molar-refractivity contribution < 1.29 is 4.74 Å². The van der Waals surface area contributed by atoms with Crippen LogP contribution >= 0.6 is 12.4 Å². The number of aliphatic imine (C=N–C) groups is 1. The van der Waals surface area contributed by atoms with Gasteiger partial charge in [-0.1, -0.05) is 25.7 Å².